The number of benzene rings is 2. The van der Waals surface area contributed by atoms with Crippen LogP contribution in [0.5, 0.6) is 11.5 Å². The number of anilines is 1. The Kier molecular flexibility index (Phi) is 2.95. The SMILES string of the molecule is COc1ccc(-n2nc3cc(OC)ccc3c2N)cc1. The first-order valence-electron chi connectivity index (χ1n) is 6.19. The van der Waals surface area contributed by atoms with E-state index in [9.17, 15) is 0 Å². The van der Waals surface area contributed by atoms with Gasteiger partial charge in [0.25, 0.3) is 0 Å². The predicted molar refractivity (Wildman–Crippen MR) is 78.6 cm³/mol. The van der Waals surface area contributed by atoms with Crippen molar-refractivity contribution in [2.45, 2.75) is 0 Å². The van der Waals surface area contributed by atoms with Crippen LogP contribution in [-0.4, -0.2) is 24.0 Å². The zero-order valence-corrected chi connectivity index (χ0v) is 11.3. The molecule has 0 aliphatic carbocycles. The number of methoxy groups -OCH3 is 2. The largest absolute Gasteiger partial charge is 0.497 e. The molecule has 0 saturated carbocycles. The van der Waals surface area contributed by atoms with E-state index in [-0.39, 0.29) is 0 Å². The Morgan fingerprint density at radius 1 is 0.950 bits per heavy atom. The van der Waals surface area contributed by atoms with Gasteiger partial charge in [-0.05, 0) is 36.4 Å². The van der Waals surface area contributed by atoms with Crippen LogP contribution >= 0.6 is 0 Å². The lowest BCUT2D eigenvalue weighted by atomic mass is 10.2. The van der Waals surface area contributed by atoms with Crippen molar-refractivity contribution in [3.63, 3.8) is 0 Å². The number of hydrogen-bond acceptors (Lipinski definition) is 4. The Morgan fingerprint density at radius 2 is 1.60 bits per heavy atom. The lowest BCUT2D eigenvalue weighted by Gasteiger charge is -2.05. The Morgan fingerprint density at radius 3 is 2.25 bits per heavy atom. The van der Waals surface area contributed by atoms with Crippen LogP contribution in [0.3, 0.4) is 0 Å². The number of hydrogen-bond donors (Lipinski definition) is 1. The van der Waals surface area contributed by atoms with Gasteiger partial charge >= 0.3 is 0 Å². The fourth-order valence-corrected chi connectivity index (χ4v) is 2.13. The average Bonchev–Trinajstić information content (AvgIpc) is 2.84. The van der Waals surface area contributed by atoms with Crippen molar-refractivity contribution >= 4 is 16.7 Å². The maximum Gasteiger partial charge on any atom is 0.135 e. The van der Waals surface area contributed by atoms with Gasteiger partial charge in [0.05, 0.1) is 25.4 Å². The van der Waals surface area contributed by atoms with E-state index in [1.54, 1.807) is 18.9 Å². The third-order valence-corrected chi connectivity index (χ3v) is 3.23. The van der Waals surface area contributed by atoms with Crippen LogP contribution in [0.1, 0.15) is 0 Å². The Hall–Kier alpha value is -2.69. The summed E-state index contributed by atoms with van der Waals surface area (Å²) in [7, 11) is 3.27. The molecule has 1 heterocycles. The van der Waals surface area contributed by atoms with Crippen LogP contribution in [0.25, 0.3) is 16.6 Å². The molecule has 2 aromatic carbocycles. The van der Waals surface area contributed by atoms with Crippen LogP contribution in [-0.2, 0) is 0 Å². The highest BCUT2D eigenvalue weighted by Crippen LogP contribution is 2.27. The van der Waals surface area contributed by atoms with Crippen molar-refractivity contribution in [2.75, 3.05) is 20.0 Å². The highest BCUT2D eigenvalue weighted by Gasteiger charge is 2.10. The van der Waals surface area contributed by atoms with Gasteiger partial charge in [-0.1, -0.05) is 0 Å². The zero-order valence-electron chi connectivity index (χ0n) is 11.3. The van der Waals surface area contributed by atoms with Gasteiger partial charge in [-0.2, -0.15) is 5.10 Å². The Bertz CT molecular complexity index is 748. The molecule has 102 valence electrons. The lowest BCUT2D eigenvalue weighted by Crippen LogP contribution is -2.01. The molecule has 0 fully saturated rings. The van der Waals surface area contributed by atoms with E-state index in [1.165, 1.54) is 0 Å². The normalized spacial score (nSPS) is 10.7. The molecule has 0 atom stereocenters. The molecule has 1 aromatic heterocycles. The molecule has 3 aromatic rings. The van der Waals surface area contributed by atoms with Crippen LogP contribution in [0.2, 0.25) is 0 Å². The first-order chi connectivity index (χ1) is 9.72. The lowest BCUT2D eigenvalue weighted by molar-refractivity contribution is 0.414. The van der Waals surface area contributed by atoms with Crippen molar-refractivity contribution in [1.82, 2.24) is 9.78 Å². The van der Waals surface area contributed by atoms with Gasteiger partial charge in [-0.15, -0.1) is 0 Å². The number of nitrogens with two attached hydrogens (primary N) is 1. The molecule has 0 aliphatic heterocycles. The molecule has 5 nitrogen and oxygen atoms in total. The van der Waals surface area contributed by atoms with Crippen molar-refractivity contribution in [3.05, 3.63) is 42.5 Å². The number of rotatable bonds is 3. The van der Waals surface area contributed by atoms with E-state index in [2.05, 4.69) is 5.10 Å². The summed E-state index contributed by atoms with van der Waals surface area (Å²) in [6.45, 7) is 0. The summed E-state index contributed by atoms with van der Waals surface area (Å²) in [6.07, 6.45) is 0. The molecule has 0 bridgehead atoms. The van der Waals surface area contributed by atoms with Crippen LogP contribution < -0.4 is 15.2 Å². The first kappa shape index (κ1) is 12.3. The molecule has 0 aliphatic rings. The van der Waals surface area contributed by atoms with Gasteiger partial charge in [0, 0.05) is 11.5 Å². The van der Waals surface area contributed by atoms with E-state index in [1.807, 2.05) is 42.5 Å². The van der Waals surface area contributed by atoms with E-state index in [4.69, 9.17) is 15.2 Å². The minimum Gasteiger partial charge on any atom is -0.497 e. The highest BCUT2D eigenvalue weighted by atomic mass is 16.5. The second kappa shape index (κ2) is 4.77. The molecular weight excluding hydrogens is 254 g/mol. The second-order valence-corrected chi connectivity index (χ2v) is 4.38. The van der Waals surface area contributed by atoms with Crippen LogP contribution in [0.15, 0.2) is 42.5 Å². The molecule has 0 radical (unpaired) electrons. The summed E-state index contributed by atoms with van der Waals surface area (Å²) >= 11 is 0. The van der Waals surface area contributed by atoms with E-state index in [0.29, 0.717) is 5.82 Å². The maximum absolute atomic E-state index is 6.16. The topological polar surface area (TPSA) is 62.3 Å². The molecule has 0 spiro atoms. The summed E-state index contributed by atoms with van der Waals surface area (Å²) in [4.78, 5) is 0. The summed E-state index contributed by atoms with van der Waals surface area (Å²) < 4.78 is 12.1. The van der Waals surface area contributed by atoms with Gasteiger partial charge < -0.3 is 15.2 Å². The second-order valence-electron chi connectivity index (χ2n) is 4.38. The van der Waals surface area contributed by atoms with Gasteiger partial charge in [0.15, 0.2) is 0 Å². The zero-order chi connectivity index (χ0) is 14.1. The van der Waals surface area contributed by atoms with E-state index in [0.717, 1.165) is 28.1 Å². The highest BCUT2D eigenvalue weighted by molar-refractivity contribution is 5.90. The fraction of sp³-hybridized carbons (Fsp3) is 0.133. The number of ether oxygens (including phenoxy) is 2. The third-order valence-electron chi connectivity index (χ3n) is 3.23. The molecule has 20 heavy (non-hydrogen) atoms. The summed E-state index contributed by atoms with van der Waals surface area (Å²) in [5.74, 6) is 2.16. The summed E-state index contributed by atoms with van der Waals surface area (Å²) in [5, 5.41) is 5.42. The molecular formula is C15H15N3O2. The minimum absolute atomic E-state index is 0.604. The average molecular weight is 269 g/mol. The predicted octanol–water partition coefficient (Wildman–Crippen LogP) is 2.62. The monoisotopic (exact) mass is 269 g/mol. The fourth-order valence-electron chi connectivity index (χ4n) is 2.13. The van der Waals surface area contributed by atoms with Crippen molar-refractivity contribution in [3.8, 4) is 17.2 Å². The van der Waals surface area contributed by atoms with Gasteiger partial charge in [0.1, 0.15) is 17.3 Å². The number of fused-ring (bicyclic) bond motifs is 1. The molecule has 0 unspecified atom stereocenters. The minimum atomic E-state index is 0.604. The van der Waals surface area contributed by atoms with Gasteiger partial charge in [-0.3, -0.25) is 0 Å². The first-order valence-corrected chi connectivity index (χ1v) is 6.19. The number of nitrogen functional groups attached to an aromatic ring is 1. The van der Waals surface area contributed by atoms with E-state index < -0.39 is 0 Å². The molecule has 0 saturated heterocycles. The molecule has 2 N–H and O–H groups in total. The summed E-state index contributed by atoms with van der Waals surface area (Å²) in [6, 6.07) is 13.2. The summed E-state index contributed by atoms with van der Waals surface area (Å²) in [5.41, 5.74) is 7.85. The van der Waals surface area contributed by atoms with Gasteiger partial charge in [-0.25, -0.2) is 4.68 Å². The molecule has 0 amide bonds. The van der Waals surface area contributed by atoms with Gasteiger partial charge in [0.2, 0.25) is 0 Å². The smallest absolute Gasteiger partial charge is 0.135 e. The quantitative estimate of drug-likeness (QED) is 0.794. The maximum atomic E-state index is 6.16. The molecule has 5 heteroatoms. The third kappa shape index (κ3) is 1.93. The standard InChI is InChI=1S/C15H15N3O2/c1-19-11-5-3-10(4-6-11)18-15(16)13-8-7-12(20-2)9-14(13)17-18/h3-9H,16H2,1-2H3. The van der Waals surface area contributed by atoms with Crippen LogP contribution in [0, 0.1) is 0 Å². The Balaban J connectivity index is 2.12. The number of nitrogens with zero attached hydrogens (tertiary/aromatic N) is 2. The van der Waals surface area contributed by atoms with Crippen molar-refractivity contribution < 1.29 is 9.47 Å². The Labute approximate surface area is 116 Å². The van der Waals surface area contributed by atoms with Crippen LogP contribution in [0.4, 0.5) is 5.82 Å². The molecule has 3 rings (SSSR count). The van der Waals surface area contributed by atoms with E-state index >= 15 is 0 Å². The van der Waals surface area contributed by atoms with Crippen molar-refractivity contribution in [1.29, 1.82) is 0 Å². The van der Waals surface area contributed by atoms with Crippen molar-refractivity contribution in [2.24, 2.45) is 0 Å². The number of aromatic nitrogens is 2.